The molecule has 0 bridgehead atoms. The van der Waals surface area contributed by atoms with Crippen molar-refractivity contribution in [2.24, 2.45) is 5.92 Å². The minimum Gasteiger partial charge on any atom is -0.300 e. The molecule has 0 aromatic heterocycles. The monoisotopic (exact) mass is 192 g/mol. The van der Waals surface area contributed by atoms with Crippen LogP contribution in [0, 0.1) is 5.92 Å². The van der Waals surface area contributed by atoms with E-state index in [-0.39, 0.29) is 0 Å². The van der Waals surface area contributed by atoms with E-state index in [0.29, 0.717) is 5.78 Å². The van der Waals surface area contributed by atoms with Gasteiger partial charge in [0.25, 0.3) is 0 Å². The summed E-state index contributed by atoms with van der Waals surface area (Å²) in [6, 6.07) is 0. The van der Waals surface area contributed by atoms with E-state index in [4.69, 9.17) is 0 Å². The molecule has 14 heavy (non-hydrogen) atoms. The third-order valence-electron chi connectivity index (χ3n) is 3.57. The van der Waals surface area contributed by atoms with Crippen molar-refractivity contribution >= 4 is 5.78 Å². The zero-order valence-electron chi connectivity index (χ0n) is 8.93. The topological polar surface area (TPSA) is 17.1 Å². The van der Waals surface area contributed by atoms with Crippen LogP contribution in [-0.4, -0.2) is 5.78 Å². The molecule has 1 nitrogen and oxygen atoms in total. The molecule has 2 aliphatic rings. The molecule has 0 saturated heterocycles. The highest BCUT2D eigenvalue weighted by molar-refractivity contribution is 5.80. The first-order chi connectivity index (χ1) is 6.84. The lowest BCUT2D eigenvalue weighted by molar-refractivity contribution is -0.119. The van der Waals surface area contributed by atoms with Gasteiger partial charge in [-0.1, -0.05) is 30.9 Å². The molecule has 2 saturated carbocycles. The summed E-state index contributed by atoms with van der Waals surface area (Å²) < 4.78 is 0. The molecule has 2 aliphatic carbocycles. The Morgan fingerprint density at radius 3 is 2.21 bits per heavy atom. The minimum atomic E-state index is 0.464. The fourth-order valence-corrected chi connectivity index (χ4v) is 2.65. The van der Waals surface area contributed by atoms with Crippen molar-refractivity contribution in [1.29, 1.82) is 0 Å². The molecule has 0 heterocycles. The SMILES string of the molecule is O=C1CCC(=CC2CCCCC2)CC1. The fraction of sp³-hybridized carbons (Fsp3) is 0.769. The molecule has 1 heteroatoms. The van der Waals surface area contributed by atoms with Gasteiger partial charge in [0.1, 0.15) is 5.78 Å². The lowest BCUT2D eigenvalue weighted by Gasteiger charge is -2.21. The second-order valence-corrected chi connectivity index (χ2v) is 4.76. The van der Waals surface area contributed by atoms with Gasteiger partial charge in [0.05, 0.1) is 0 Å². The average molecular weight is 192 g/mol. The number of ketones is 1. The maximum Gasteiger partial charge on any atom is 0.133 e. The van der Waals surface area contributed by atoms with Crippen LogP contribution in [0.25, 0.3) is 0 Å². The van der Waals surface area contributed by atoms with Gasteiger partial charge in [-0.05, 0) is 31.6 Å². The summed E-state index contributed by atoms with van der Waals surface area (Å²) in [6.45, 7) is 0. The van der Waals surface area contributed by atoms with Crippen LogP contribution in [-0.2, 0) is 4.79 Å². The molecule has 0 atom stereocenters. The predicted octanol–water partition coefficient (Wildman–Crippen LogP) is 3.64. The number of allylic oxidation sites excluding steroid dienone is 2. The summed E-state index contributed by atoms with van der Waals surface area (Å²) in [5.74, 6) is 1.30. The highest BCUT2D eigenvalue weighted by atomic mass is 16.1. The largest absolute Gasteiger partial charge is 0.300 e. The van der Waals surface area contributed by atoms with Crippen LogP contribution in [0.15, 0.2) is 11.6 Å². The molecule has 0 amide bonds. The molecule has 2 rings (SSSR count). The molecule has 0 radical (unpaired) electrons. The van der Waals surface area contributed by atoms with Crippen molar-refractivity contribution in [3.8, 4) is 0 Å². The Kier molecular flexibility index (Phi) is 3.39. The van der Waals surface area contributed by atoms with E-state index in [0.717, 1.165) is 31.6 Å². The fourth-order valence-electron chi connectivity index (χ4n) is 2.65. The van der Waals surface area contributed by atoms with Crippen LogP contribution >= 0.6 is 0 Å². The smallest absolute Gasteiger partial charge is 0.133 e. The van der Waals surface area contributed by atoms with E-state index in [9.17, 15) is 4.79 Å². The van der Waals surface area contributed by atoms with Crippen LogP contribution in [0.2, 0.25) is 0 Å². The highest BCUT2D eigenvalue weighted by Crippen LogP contribution is 2.29. The molecule has 2 fully saturated rings. The van der Waals surface area contributed by atoms with Crippen LogP contribution in [0.5, 0.6) is 0 Å². The Bertz CT molecular complexity index is 222. The number of Topliss-reactive ketones (excluding diaryl/α,β-unsaturated/α-hetero) is 1. The van der Waals surface area contributed by atoms with Gasteiger partial charge in [-0.2, -0.15) is 0 Å². The molecule has 0 N–H and O–H groups in total. The Hall–Kier alpha value is -0.590. The van der Waals surface area contributed by atoms with Gasteiger partial charge in [0.2, 0.25) is 0 Å². The maximum atomic E-state index is 11.1. The van der Waals surface area contributed by atoms with Crippen LogP contribution in [0.1, 0.15) is 57.8 Å². The van der Waals surface area contributed by atoms with Gasteiger partial charge in [-0.15, -0.1) is 0 Å². The normalized spacial score (nSPS) is 25.1. The number of rotatable bonds is 1. The summed E-state index contributed by atoms with van der Waals surface area (Å²) in [6.07, 6.45) is 13.2. The zero-order chi connectivity index (χ0) is 9.80. The Labute approximate surface area is 86.6 Å². The van der Waals surface area contributed by atoms with Gasteiger partial charge in [0, 0.05) is 12.8 Å². The molecular formula is C13H20O. The first kappa shape index (κ1) is 9.95. The summed E-state index contributed by atoms with van der Waals surface area (Å²) in [5, 5.41) is 0. The zero-order valence-corrected chi connectivity index (χ0v) is 8.93. The quantitative estimate of drug-likeness (QED) is 0.580. The number of carbonyl (C=O) groups is 1. The molecule has 78 valence electrons. The van der Waals surface area contributed by atoms with Crippen molar-refractivity contribution in [1.82, 2.24) is 0 Å². The van der Waals surface area contributed by atoms with Crippen molar-refractivity contribution < 1.29 is 4.79 Å². The molecule has 0 aromatic rings. The number of carbonyl (C=O) groups excluding carboxylic acids is 1. The van der Waals surface area contributed by atoms with Gasteiger partial charge in [0.15, 0.2) is 0 Å². The van der Waals surface area contributed by atoms with Crippen molar-refractivity contribution in [2.75, 3.05) is 0 Å². The first-order valence-electron chi connectivity index (χ1n) is 6.06. The molecule has 0 spiro atoms. The van der Waals surface area contributed by atoms with E-state index < -0.39 is 0 Å². The lowest BCUT2D eigenvalue weighted by atomic mass is 9.84. The summed E-state index contributed by atoms with van der Waals surface area (Å²) in [5.41, 5.74) is 1.57. The van der Waals surface area contributed by atoms with Gasteiger partial charge < -0.3 is 0 Å². The summed E-state index contributed by atoms with van der Waals surface area (Å²) >= 11 is 0. The average Bonchev–Trinajstić information content (AvgIpc) is 2.23. The van der Waals surface area contributed by atoms with Crippen LogP contribution in [0.3, 0.4) is 0 Å². The minimum absolute atomic E-state index is 0.464. The van der Waals surface area contributed by atoms with Gasteiger partial charge in [-0.3, -0.25) is 4.79 Å². The maximum absolute atomic E-state index is 11.1. The highest BCUT2D eigenvalue weighted by Gasteiger charge is 2.16. The predicted molar refractivity (Wildman–Crippen MR) is 58.1 cm³/mol. The number of hydrogen-bond donors (Lipinski definition) is 0. The first-order valence-corrected chi connectivity index (χ1v) is 6.06. The molecule has 0 aromatic carbocycles. The second-order valence-electron chi connectivity index (χ2n) is 4.76. The lowest BCUT2D eigenvalue weighted by Crippen LogP contribution is -2.09. The van der Waals surface area contributed by atoms with Gasteiger partial charge >= 0.3 is 0 Å². The van der Waals surface area contributed by atoms with E-state index >= 15 is 0 Å². The second kappa shape index (κ2) is 4.77. The Morgan fingerprint density at radius 1 is 0.929 bits per heavy atom. The van der Waals surface area contributed by atoms with E-state index in [1.807, 2.05) is 0 Å². The standard InChI is InChI=1S/C13H20O/c14-13-8-6-12(7-9-13)10-11-4-2-1-3-5-11/h10-11H,1-9H2. The Morgan fingerprint density at radius 2 is 1.57 bits per heavy atom. The van der Waals surface area contributed by atoms with Crippen LogP contribution < -0.4 is 0 Å². The number of hydrogen-bond acceptors (Lipinski definition) is 1. The Balaban J connectivity index is 1.86. The van der Waals surface area contributed by atoms with Crippen LogP contribution in [0.4, 0.5) is 0 Å². The van der Waals surface area contributed by atoms with Gasteiger partial charge in [-0.25, -0.2) is 0 Å². The van der Waals surface area contributed by atoms with Crippen molar-refractivity contribution in [2.45, 2.75) is 57.8 Å². The van der Waals surface area contributed by atoms with E-state index in [1.54, 1.807) is 5.57 Å². The van der Waals surface area contributed by atoms with Crippen molar-refractivity contribution in [3.05, 3.63) is 11.6 Å². The third-order valence-corrected chi connectivity index (χ3v) is 3.57. The summed E-state index contributed by atoms with van der Waals surface area (Å²) in [4.78, 5) is 11.1. The molecule has 0 unspecified atom stereocenters. The van der Waals surface area contributed by atoms with E-state index in [1.165, 1.54) is 32.1 Å². The molecular weight excluding hydrogens is 172 g/mol. The van der Waals surface area contributed by atoms with E-state index in [2.05, 4.69) is 6.08 Å². The molecule has 0 aliphatic heterocycles. The third kappa shape index (κ3) is 2.70. The summed E-state index contributed by atoms with van der Waals surface area (Å²) in [7, 11) is 0. The van der Waals surface area contributed by atoms with Crippen molar-refractivity contribution in [3.63, 3.8) is 0 Å².